The van der Waals surface area contributed by atoms with Crippen molar-refractivity contribution < 1.29 is 0 Å². The number of allylic oxidation sites excluding steroid dienone is 2. The molecule has 5 nitrogen and oxygen atoms in total. The summed E-state index contributed by atoms with van der Waals surface area (Å²) in [5.41, 5.74) is 0.0492. The van der Waals surface area contributed by atoms with Gasteiger partial charge in [0.25, 0.3) is 0 Å². The molecule has 0 atom stereocenters. The van der Waals surface area contributed by atoms with Crippen molar-refractivity contribution in [3.05, 3.63) is 41.7 Å². The Labute approximate surface area is 105 Å². The van der Waals surface area contributed by atoms with Gasteiger partial charge in [-0.2, -0.15) is 21.0 Å². The Balaban J connectivity index is 0.000000397. The molecule has 0 aliphatic rings. The second-order valence-electron chi connectivity index (χ2n) is 3.00. The molecule has 0 spiro atoms. The summed E-state index contributed by atoms with van der Waals surface area (Å²) in [4.78, 5) is 3.78. The van der Waals surface area contributed by atoms with Gasteiger partial charge in [-0.05, 0) is 24.6 Å². The molecule has 0 saturated heterocycles. The molecule has 0 fully saturated rings. The van der Waals surface area contributed by atoms with Gasteiger partial charge in [-0.15, -0.1) is 0 Å². The number of pyridine rings is 1. The number of hydrogen-bond acceptors (Lipinski definition) is 5. The molecule has 5 heteroatoms. The fraction of sp³-hybridized carbons (Fsp3) is 0.154. The van der Waals surface area contributed by atoms with Gasteiger partial charge in [0.05, 0.1) is 12.1 Å². The summed E-state index contributed by atoms with van der Waals surface area (Å²) in [6, 6.07) is 12.3. The zero-order valence-electron chi connectivity index (χ0n) is 9.70. The quantitative estimate of drug-likeness (QED) is 0.692. The molecule has 0 aliphatic carbocycles. The van der Waals surface area contributed by atoms with Crippen LogP contribution in [0.15, 0.2) is 41.7 Å². The Hall–Kier alpha value is -3.15. The zero-order chi connectivity index (χ0) is 13.8. The van der Waals surface area contributed by atoms with E-state index in [1.165, 1.54) is 6.92 Å². The Kier molecular flexibility index (Phi) is 7.51. The normalized spacial score (nSPS) is 7.44. The van der Waals surface area contributed by atoms with Crippen LogP contribution in [-0.2, 0) is 0 Å². The highest BCUT2D eigenvalue weighted by Gasteiger charge is 2.12. The van der Waals surface area contributed by atoms with Crippen molar-refractivity contribution in [3.8, 4) is 24.3 Å². The number of nitriles is 4. The molecule has 0 bridgehead atoms. The van der Waals surface area contributed by atoms with E-state index in [0.29, 0.717) is 0 Å². The minimum atomic E-state index is -1.00. The lowest BCUT2D eigenvalue weighted by Gasteiger charge is -1.97. The van der Waals surface area contributed by atoms with Gasteiger partial charge in [0, 0.05) is 12.4 Å². The Morgan fingerprint density at radius 1 is 0.944 bits per heavy atom. The minimum absolute atomic E-state index is 0.164. The molecule has 0 amide bonds. The molecular formula is C13H9N5. The van der Waals surface area contributed by atoms with Crippen molar-refractivity contribution in [1.82, 2.24) is 4.98 Å². The van der Waals surface area contributed by atoms with Gasteiger partial charge < -0.3 is 0 Å². The van der Waals surface area contributed by atoms with E-state index in [-0.39, 0.29) is 11.1 Å². The average Bonchev–Trinajstić information content (AvgIpc) is 2.44. The van der Waals surface area contributed by atoms with Crippen LogP contribution >= 0.6 is 0 Å². The van der Waals surface area contributed by atoms with E-state index in [1.54, 1.807) is 36.7 Å². The van der Waals surface area contributed by atoms with Gasteiger partial charge in [0.15, 0.2) is 5.92 Å². The largest absolute Gasteiger partial charge is 0.265 e. The predicted octanol–water partition coefficient (Wildman–Crippen LogP) is 2.10. The first-order valence-corrected chi connectivity index (χ1v) is 4.86. The van der Waals surface area contributed by atoms with E-state index < -0.39 is 5.92 Å². The van der Waals surface area contributed by atoms with Crippen molar-refractivity contribution in [3.63, 3.8) is 0 Å². The van der Waals surface area contributed by atoms with Gasteiger partial charge in [0.1, 0.15) is 17.7 Å². The van der Waals surface area contributed by atoms with Gasteiger partial charge in [-0.3, -0.25) is 4.98 Å². The first-order valence-electron chi connectivity index (χ1n) is 4.86. The van der Waals surface area contributed by atoms with Crippen LogP contribution in [0.2, 0.25) is 0 Å². The van der Waals surface area contributed by atoms with E-state index in [2.05, 4.69) is 4.98 Å². The third kappa shape index (κ3) is 5.08. The molecular weight excluding hydrogens is 226 g/mol. The van der Waals surface area contributed by atoms with Crippen molar-refractivity contribution in [2.75, 3.05) is 0 Å². The summed E-state index contributed by atoms with van der Waals surface area (Å²) in [5, 5.41) is 33.6. The lowest BCUT2D eigenvalue weighted by atomic mass is 9.99. The van der Waals surface area contributed by atoms with Crippen LogP contribution in [0.1, 0.15) is 6.92 Å². The van der Waals surface area contributed by atoms with E-state index in [1.807, 2.05) is 18.2 Å². The van der Waals surface area contributed by atoms with Gasteiger partial charge >= 0.3 is 0 Å². The maximum Gasteiger partial charge on any atom is 0.156 e. The third-order valence-electron chi connectivity index (χ3n) is 1.88. The minimum Gasteiger partial charge on any atom is -0.265 e. The lowest BCUT2D eigenvalue weighted by molar-refractivity contribution is 0.986. The predicted molar refractivity (Wildman–Crippen MR) is 62.9 cm³/mol. The zero-order valence-corrected chi connectivity index (χ0v) is 9.70. The second kappa shape index (κ2) is 9.10. The SMILES string of the molecule is CC(=C(C#N)C#N)C(C#N)C#N.c1ccncc1. The third-order valence-corrected chi connectivity index (χ3v) is 1.88. The molecule has 0 aliphatic heterocycles. The maximum absolute atomic E-state index is 8.41. The Bertz CT molecular complexity index is 504. The molecule has 1 heterocycles. The molecule has 0 unspecified atom stereocenters. The molecule has 0 N–H and O–H groups in total. The summed E-state index contributed by atoms with van der Waals surface area (Å²) in [6.45, 7) is 1.43. The van der Waals surface area contributed by atoms with Crippen molar-refractivity contribution in [1.29, 1.82) is 21.0 Å². The maximum atomic E-state index is 8.41. The highest BCUT2D eigenvalue weighted by molar-refractivity contribution is 5.43. The van der Waals surface area contributed by atoms with Gasteiger partial charge in [-0.25, -0.2) is 0 Å². The summed E-state index contributed by atoms with van der Waals surface area (Å²) >= 11 is 0. The van der Waals surface area contributed by atoms with Crippen molar-refractivity contribution in [2.45, 2.75) is 6.92 Å². The first kappa shape index (κ1) is 14.8. The van der Waals surface area contributed by atoms with E-state index >= 15 is 0 Å². The molecule has 18 heavy (non-hydrogen) atoms. The van der Waals surface area contributed by atoms with E-state index in [4.69, 9.17) is 21.0 Å². The number of rotatable bonds is 1. The molecule has 0 saturated carbocycles. The smallest absolute Gasteiger partial charge is 0.156 e. The van der Waals surface area contributed by atoms with Crippen molar-refractivity contribution >= 4 is 0 Å². The summed E-state index contributed by atoms with van der Waals surface area (Å²) < 4.78 is 0. The number of nitrogens with zero attached hydrogens (tertiary/aromatic N) is 5. The Morgan fingerprint density at radius 3 is 1.67 bits per heavy atom. The van der Waals surface area contributed by atoms with Crippen LogP contribution < -0.4 is 0 Å². The molecule has 1 aromatic heterocycles. The van der Waals surface area contributed by atoms with Crippen LogP contribution in [0.5, 0.6) is 0 Å². The summed E-state index contributed by atoms with van der Waals surface area (Å²) in [6.07, 6.45) is 3.50. The molecule has 86 valence electrons. The first-order chi connectivity index (χ1) is 8.71. The fourth-order valence-corrected chi connectivity index (χ4v) is 0.881. The highest BCUT2D eigenvalue weighted by atomic mass is 14.6. The highest BCUT2D eigenvalue weighted by Crippen LogP contribution is 2.12. The second-order valence-corrected chi connectivity index (χ2v) is 3.00. The van der Waals surface area contributed by atoms with Crippen LogP contribution in [0.3, 0.4) is 0 Å². The molecule has 0 radical (unpaired) electrons. The van der Waals surface area contributed by atoms with Crippen LogP contribution in [0.4, 0.5) is 0 Å². The summed E-state index contributed by atoms with van der Waals surface area (Å²) in [7, 11) is 0. The van der Waals surface area contributed by atoms with E-state index in [9.17, 15) is 0 Å². The monoisotopic (exact) mass is 235 g/mol. The van der Waals surface area contributed by atoms with E-state index in [0.717, 1.165) is 0 Å². The molecule has 0 aromatic carbocycles. The summed E-state index contributed by atoms with van der Waals surface area (Å²) in [5.74, 6) is -1.00. The molecule has 1 aromatic rings. The molecule has 1 rings (SSSR count). The van der Waals surface area contributed by atoms with Crippen LogP contribution in [-0.4, -0.2) is 4.98 Å². The number of aromatic nitrogens is 1. The van der Waals surface area contributed by atoms with Crippen molar-refractivity contribution in [2.24, 2.45) is 5.92 Å². The fourth-order valence-electron chi connectivity index (χ4n) is 0.881. The van der Waals surface area contributed by atoms with Crippen LogP contribution in [0, 0.1) is 51.2 Å². The van der Waals surface area contributed by atoms with Crippen LogP contribution in [0.25, 0.3) is 0 Å². The topological polar surface area (TPSA) is 108 Å². The average molecular weight is 235 g/mol. The van der Waals surface area contributed by atoms with Gasteiger partial charge in [-0.1, -0.05) is 6.07 Å². The number of hydrogen-bond donors (Lipinski definition) is 0. The lowest BCUT2D eigenvalue weighted by Crippen LogP contribution is -1.97. The van der Waals surface area contributed by atoms with Gasteiger partial charge in [0.2, 0.25) is 0 Å². The standard InChI is InChI=1S/C8H4N4.C5H5N/c1-6(7(2-9)3-10)8(4-11)5-12;1-2-4-6-5-3-1/h7H,1H3;1-5H. The Morgan fingerprint density at radius 2 is 1.44 bits per heavy atom.